The van der Waals surface area contributed by atoms with Gasteiger partial charge in [-0.2, -0.15) is 8.42 Å². The third-order valence-corrected chi connectivity index (χ3v) is 3.10. The van der Waals surface area contributed by atoms with Crippen molar-refractivity contribution in [2.24, 2.45) is 0 Å². The van der Waals surface area contributed by atoms with Gasteiger partial charge >= 0.3 is 22.3 Å². The number of nitrogens with zero attached hydrogens (tertiary/aromatic N) is 2. The number of hydrogen-bond donors (Lipinski definition) is 1. The van der Waals surface area contributed by atoms with Crippen molar-refractivity contribution in [3.8, 4) is 0 Å². The van der Waals surface area contributed by atoms with E-state index in [4.69, 9.17) is 14.0 Å². The number of quaternary nitrogens is 1. The highest BCUT2D eigenvalue weighted by Crippen LogP contribution is 1.94. The maximum absolute atomic E-state index is 10.9. The van der Waals surface area contributed by atoms with Crippen LogP contribution in [-0.2, 0) is 33.6 Å². The van der Waals surface area contributed by atoms with Crippen molar-refractivity contribution in [1.29, 1.82) is 0 Å². The summed E-state index contributed by atoms with van der Waals surface area (Å²) in [6.45, 7) is 12.7. The molecule has 0 atom stereocenters. The number of carbonyl (C=O) groups excluding carboxylic acids is 2. The summed E-state index contributed by atoms with van der Waals surface area (Å²) < 4.78 is 40.3. The molecular formula is C18H37N2O8S+. The molecule has 0 aromatic rings. The first-order valence-corrected chi connectivity index (χ1v) is 9.93. The van der Waals surface area contributed by atoms with E-state index in [1.54, 1.807) is 13.8 Å². The van der Waals surface area contributed by atoms with Crippen molar-refractivity contribution in [2.45, 2.75) is 13.8 Å². The number of likely N-dealkylation sites (N-methyl/N-ethyl adjacent to an activating group) is 2. The lowest BCUT2D eigenvalue weighted by Crippen LogP contribution is -2.38. The normalized spacial score (nSPS) is 10.7. The maximum atomic E-state index is 10.9. The molecule has 0 radical (unpaired) electrons. The molecule has 172 valence electrons. The standard InChI is InChI=1S/C9H18NO2.C8H15NO2.CH4O4S/c1-8(2)9(11)12-7-6-10(3,4)5;1-7(2)8(10)11-6-5-9(3)4;1-5-6(2,3)4/h1,6-7H2,2-5H3;1,5-6H2,2-4H3;1H3,(H,2,3,4)/q+1;;. The molecule has 0 fully saturated rings. The van der Waals surface area contributed by atoms with Crippen LogP contribution in [0.1, 0.15) is 13.8 Å². The third-order valence-electron chi connectivity index (χ3n) is 2.67. The van der Waals surface area contributed by atoms with Crippen molar-refractivity contribution in [3.63, 3.8) is 0 Å². The van der Waals surface area contributed by atoms with Crippen LogP contribution < -0.4 is 0 Å². The molecule has 0 amide bonds. The molecule has 0 saturated carbocycles. The smallest absolute Gasteiger partial charge is 0.397 e. The summed E-state index contributed by atoms with van der Waals surface area (Å²) >= 11 is 0. The second kappa shape index (κ2) is 16.1. The van der Waals surface area contributed by atoms with E-state index in [2.05, 4.69) is 38.5 Å². The van der Waals surface area contributed by atoms with Crippen molar-refractivity contribution >= 4 is 22.3 Å². The lowest BCUT2D eigenvalue weighted by atomic mass is 10.4. The molecule has 0 aliphatic rings. The molecule has 11 heteroatoms. The molecule has 0 saturated heterocycles. The molecule has 0 aromatic carbocycles. The topological polar surface area (TPSA) is 119 Å². The van der Waals surface area contributed by atoms with Gasteiger partial charge in [-0.05, 0) is 27.9 Å². The Kier molecular flexibility index (Phi) is 17.7. The van der Waals surface area contributed by atoms with Crippen LogP contribution >= 0.6 is 0 Å². The summed E-state index contributed by atoms with van der Waals surface area (Å²) in [7, 11) is 6.71. The van der Waals surface area contributed by atoms with Crippen LogP contribution in [0.3, 0.4) is 0 Å². The lowest BCUT2D eigenvalue weighted by Gasteiger charge is -2.23. The molecule has 0 aromatic heterocycles. The molecule has 0 unspecified atom stereocenters. The fourth-order valence-electron chi connectivity index (χ4n) is 0.980. The van der Waals surface area contributed by atoms with Crippen LogP contribution in [0.2, 0.25) is 0 Å². The monoisotopic (exact) mass is 441 g/mol. The maximum Gasteiger partial charge on any atom is 0.397 e. The highest BCUT2D eigenvalue weighted by Gasteiger charge is 2.09. The second-order valence-corrected chi connectivity index (χ2v) is 8.43. The van der Waals surface area contributed by atoms with Crippen LogP contribution in [0.5, 0.6) is 0 Å². The Balaban J connectivity index is -0.000000369. The Morgan fingerprint density at radius 1 is 0.966 bits per heavy atom. The van der Waals surface area contributed by atoms with Gasteiger partial charge in [0, 0.05) is 17.7 Å². The summed E-state index contributed by atoms with van der Waals surface area (Å²) in [5.41, 5.74) is 0.903. The molecule has 0 rings (SSSR count). The van der Waals surface area contributed by atoms with Gasteiger partial charge in [0.25, 0.3) is 0 Å². The molecule has 1 N–H and O–H groups in total. The van der Waals surface area contributed by atoms with Gasteiger partial charge in [-0.25, -0.2) is 9.59 Å². The van der Waals surface area contributed by atoms with E-state index >= 15 is 0 Å². The Hall–Kier alpha value is -1.79. The Morgan fingerprint density at radius 3 is 1.55 bits per heavy atom. The fourth-order valence-corrected chi connectivity index (χ4v) is 0.980. The predicted octanol–water partition coefficient (Wildman–Crippen LogP) is 0.915. The zero-order chi connectivity index (χ0) is 23.8. The summed E-state index contributed by atoms with van der Waals surface area (Å²) in [6, 6.07) is 0. The van der Waals surface area contributed by atoms with E-state index in [9.17, 15) is 18.0 Å². The molecule has 0 aliphatic heterocycles. The van der Waals surface area contributed by atoms with Crippen molar-refractivity contribution in [2.75, 3.05) is 68.7 Å². The van der Waals surface area contributed by atoms with Crippen molar-refractivity contribution in [1.82, 2.24) is 4.90 Å². The van der Waals surface area contributed by atoms with Gasteiger partial charge in [0.15, 0.2) is 0 Å². The Labute approximate surface area is 175 Å². The number of ether oxygens (including phenoxy) is 2. The SMILES string of the molecule is C=C(C)C(=O)OCCN(C)C.C=C(C)C(=O)OCC[N+](C)(C)C.COS(=O)(=O)O. The van der Waals surface area contributed by atoms with Gasteiger partial charge in [0.2, 0.25) is 0 Å². The molecule has 0 bridgehead atoms. The molecule has 29 heavy (non-hydrogen) atoms. The fraction of sp³-hybridized carbons (Fsp3) is 0.667. The van der Waals surface area contributed by atoms with E-state index in [1.165, 1.54) is 0 Å². The lowest BCUT2D eigenvalue weighted by molar-refractivity contribution is -0.870. The van der Waals surface area contributed by atoms with Crippen LogP contribution in [0, 0.1) is 0 Å². The second-order valence-electron chi connectivity index (χ2n) is 7.24. The Bertz CT molecular complexity index is 622. The molecule has 10 nitrogen and oxygen atoms in total. The largest absolute Gasteiger partial charge is 0.461 e. The minimum Gasteiger partial charge on any atom is -0.461 e. The van der Waals surface area contributed by atoms with Gasteiger partial charge in [-0.1, -0.05) is 13.2 Å². The van der Waals surface area contributed by atoms with Gasteiger partial charge in [0.1, 0.15) is 19.8 Å². The van der Waals surface area contributed by atoms with E-state index in [1.807, 2.05) is 19.0 Å². The van der Waals surface area contributed by atoms with Crippen LogP contribution in [0.4, 0.5) is 0 Å². The van der Waals surface area contributed by atoms with Crippen molar-refractivity contribution < 1.29 is 40.7 Å². The zero-order valence-electron chi connectivity index (χ0n) is 18.9. The average molecular weight is 442 g/mol. The predicted molar refractivity (Wildman–Crippen MR) is 112 cm³/mol. The highest BCUT2D eigenvalue weighted by atomic mass is 32.3. The van der Waals surface area contributed by atoms with Gasteiger partial charge in [-0.15, -0.1) is 0 Å². The van der Waals surface area contributed by atoms with Crippen molar-refractivity contribution in [3.05, 3.63) is 24.3 Å². The number of rotatable bonds is 9. The quantitative estimate of drug-likeness (QED) is 0.241. The molecule has 0 aliphatic carbocycles. The van der Waals surface area contributed by atoms with Crippen LogP contribution in [-0.4, -0.2) is 103 Å². The first-order valence-electron chi connectivity index (χ1n) is 8.56. The van der Waals surface area contributed by atoms with E-state index < -0.39 is 10.4 Å². The summed E-state index contributed by atoms with van der Waals surface area (Å²) in [4.78, 5) is 23.6. The first-order chi connectivity index (χ1) is 12.9. The van der Waals surface area contributed by atoms with Crippen LogP contribution in [0.25, 0.3) is 0 Å². The molecule has 0 spiro atoms. The minimum absolute atomic E-state index is 0.302. The summed E-state index contributed by atoms with van der Waals surface area (Å²) in [5.74, 6) is -0.615. The zero-order valence-corrected chi connectivity index (χ0v) is 19.7. The summed E-state index contributed by atoms with van der Waals surface area (Å²) in [5, 5.41) is 0. The highest BCUT2D eigenvalue weighted by molar-refractivity contribution is 7.80. The summed E-state index contributed by atoms with van der Waals surface area (Å²) in [6.07, 6.45) is 0. The van der Waals surface area contributed by atoms with Gasteiger partial charge < -0.3 is 18.9 Å². The van der Waals surface area contributed by atoms with E-state index in [0.29, 0.717) is 24.4 Å². The van der Waals surface area contributed by atoms with E-state index in [0.717, 1.165) is 24.7 Å². The average Bonchev–Trinajstić information content (AvgIpc) is 2.53. The minimum atomic E-state index is -4.16. The molecule has 0 heterocycles. The molecular weight excluding hydrogens is 404 g/mol. The van der Waals surface area contributed by atoms with Gasteiger partial charge in [-0.3, -0.25) is 8.74 Å². The Morgan fingerprint density at radius 2 is 1.31 bits per heavy atom. The van der Waals surface area contributed by atoms with E-state index in [-0.39, 0.29) is 11.9 Å². The first kappa shape index (κ1) is 31.9. The number of carbonyl (C=O) groups is 2. The van der Waals surface area contributed by atoms with Gasteiger partial charge in [0.05, 0.1) is 28.3 Å². The van der Waals surface area contributed by atoms with Crippen LogP contribution in [0.15, 0.2) is 24.3 Å². The third kappa shape index (κ3) is 31.1. The number of esters is 2. The number of hydrogen-bond acceptors (Lipinski definition) is 8.